The lowest BCUT2D eigenvalue weighted by Gasteiger charge is -2.03. The molecule has 14 heavy (non-hydrogen) atoms. The summed E-state index contributed by atoms with van der Waals surface area (Å²) in [6.45, 7) is 0.241. The second kappa shape index (κ2) is 5.89. The molecule has 0 heterocycles. The third-order valence-corrected chi connectivity index (χ3v) is 2.16. The molecule has 0 N–H and O–H groups in total. The van der Waals surface area contributed by atoms with E-state index in [1.807, 2.05) is 12.1 Å². The van der Waals surface area contributed by atoms with Crippen LogP contribution in [0.15, 0.2) is 24.3 Å². The first kappa shape index (κ1) is 11.3. The third-order valence-electron chi connectivity index (χ3n) is 1.63. The molecule has 0 spiro atoms. The van der Waals surface area contributed by atoms with Crippen molar-refractivity contribution in [3.63, 3.8) is 0 Å². The molecule has 0 radical (unpaired) electrons. The molecule has 0 bridgehead atoms. The first-order chi connectivity index (χ1) is 6.74. The van der Waals surface area contributed by atoms with E-state index in [1.165, 1.54) is 0 Å². The number of esters is 1. The monoisotopic (exact) mass is 232 g/mol. The van der Waals surface area contributed by atoms with Gasteiger partial charge in [0.25, 0.3) is 0 Å². The van der Waals surface area contributed by atoms with Gasteiger partial charge in [0.15, 0.2) is 0 Å². The van der Waals surface area contributed by atoms with Gasteiger partial charge in [-0.1, -0.05) is 29.8 Å². The normalized spacial score (nSPS) is 9.86. The summed E-state index contributed by atoms with van der Waals surface area (Å²) in [4.78, 5) is 11.2. The number of ether oxygens (including phenoxy) is 1. The number of benzene rings is 1. The van der Waals surface area contributed by atoms with Crippen LogP contribution in [0.3, 0.4) is 0 Å². The minimum absolute atomic E-state index is 0.191. The molecule has 1 aromatic carbocycles. The van der Waals surface area contributed by atoms with Crippen molar-refractivity contribution in [3.05, 3.63) is 34.9 Å². The highest BCUT2D eigenvalue weighted by molar-refractivity contribution is 6.31. The maximum atomic E-state index is 11.2. The molecule has 0 atom stereocenters. The molecule has 4 heteroatoms. The van der Waals surface area contributed by atoms with Crippen molar-refractivity contribution in [2.75, 3.05) is 12.5 Å². The number of alkyl halides is 1. The first-order valence-electron chi connectivity index (χ1n) is 4.19. The second-order valence-corrected chi connectivity index (χ2v) is 3.46. The van der Waals surface area contributed by atoms with E-state index in [1.54, 1.807) is 12.1 Å². The highest BCUT2D eigenvalue weighted by Crippen LogP contribution is 2.15. The molecule has 0 saturated heterocycles. The van der Waals surface area contributed by atoms with E-state index in [-0.39, 0.29) is 19.0 Å². The third kappa shape index (κ3) is 3.56. The van der Waals surface area contributed by atoms with Crippen molar-refractivity contribution >= 4 is 29.2 Å². The number of halogens is 2. The van der Waals surface area contributed by atoms with Crippen molar-refractivity contribution in [1.29, 1.82) is 0 Å². The first-order valence-corrected chi connectivity index (χ1v) is 5.10. The van der Waals surface area contributed by atoms with Crippen LogP contribution in [0.4, 0.5) is 0 Å². The summed E-state index contributed by atoms with van der Waals surface area (Å²) < 4.78 is 4.82. The predicted molar refractivity (Wildman–Crippen MR) is 56.8 cm³/mol. The van der Waals surface area contributed by atoms with E-state index in [4.69, 9.17) is 27.9 Å². The molecular weight excluding hydrogens is 223 g/mol. The van der Waals surface area contributed by atoms with E-state index < -0.39 is 0 Å². The van der Waals surface area contributed by atoms with Crippen LogP contribution < -0.4 is 0 Å². The minimum atomic E-state index is -0.307. The predicted octanol–water partition coefficient (Wildman–Crippen LogP) is 2.66. The molecule has 1 rings (SSSR count). The zero-order valence-electron chi connectivity index (χ0n) is 7.50. The lowest BCUT2D eigenvalue weighted by atomic mass is 10.1. The van der Waals surface area contributed by atoms with Gasteiger partial charge in [0.2, 0.25) is 0 Å². The van der Waals surface area contributed by atoms with E-state index in [0.29, 0.717) is 10.9 Å². The number of hydrogen-bond donors (Lipinski definition) is 0. The van der Waals surface area contributed by atoms with Gasteiger partial charge in [-0.2, -0.15) is 0 Å². The zero-order chi connectivity index (χ0) is 10.4. The summed E-state index contributed by atoms with van der Waals surface area (Å²) in [7, 11) is 0. The molecule has 0 aliphatic carbocycles. The molecule has 0 fully saturated rings. The highest BCUT2D eigenvalue weighted by Gasteiger charge is 2.06. The quantitative estimate of drug-likeness (QED) is 0.590. The smallest absolute Gasteiger partial charge is 0.310 e. The zero-order valence-corrected chi connectivity index (χ0v) is 9.02. The summed E-state index contributed by atoms with van der Waals surface area (Å²) in [6.07, 6.45) is 0.191. The Labute approximate surface area is 92.8 Å². The summed E-state index contributed by atoms with van der Waals surface area (Å²) in [6, 6.07) is 7.18. The average molecular weight is 233 g/mol. The SMILES string of the molecule is O=C(Cc1ccccc1Cl)OCCCl. The van der Waals surface area contributed by atoms with Crippen LogP contribution in [0.2, 0.25) is 5.02 Å². The fraction of sp³-hybridized carbons (Fsp3) is 0.300. The van der Waals surface area contributed by atoms with E-state index in [2.05, 4.69) is 0 Å². The summed E-state index contributed by atoms with van der Waals surface area (Å²) in [5.74, 6) is 0.00704. The van der Waals surface area contributed by atoms with E-state index >= 15 is 0 Å². The lowest BCUT2D eigenvalue weighted by Crippen LogP contribution is -2.09. The summed E-state index contributed by atoms with van der Waals surface area (Å²) in [5, 5.41) is 0.579. The van der Waals surface area contributed by atoms with Gasteiger partial charge in [-0.3, -0.25) is 4.79 Å². The van der Waals surface area contributed by atoms with E-state index in [0.717, 1.165) is 5.56 Å². The average Bonchev–Trinajstić information content (AvgIpc) is 2.18. The van der Waals surface area contributed by atoms with Crippen LogP contribution in [0.25, 0.3) is 0 Å². The van der Waals surface area contributed by atoms with E-state index in [9.17, 15) is 4.79 Å². The van der Waals surface area contributed by atoms with Crippen LogP contribution in [0.1, 0.15) is 5.56 Å². The van der Waals surface area contributed by atoms with Crippen molar-refractivity contribution in [1.82, 2.24) is 0 Å². The van der Waals surface area contributed by atoms with Crippen LogP contribution in [0.5, 0.6) is 0 Å². The Morgan fingerprint density at radius 1 is 1.36 bits per heavy atom. The maximum absolute atomic E-state index is 11.2. The van der Waals surface area contributed by atoms with Gasteiger partial charge in [-0.25, -0.2) is 0 Å². The molecule has 0 aliphatic rings. The molecule has 0 aromatic heterocycles. The standard InChI is InChI=1S/C10H10Cl2O2/c11-5-6-14-10(13)7-8-3-1-2-4-9(8)12/h1-4H,5-7H2. The van der Waals surface area contributed by atoms with Crippen molar-refractivity contribution in [2.45, 2.75) is 6.42 Å². The fourth-order valence-corrected chi connectivity index (χ4v) is 1.28. The Kier molecular flexibility index (Phi) is 4.77. The Hall–Kier alpha value is -0.730. The summed E-state index contributed by atoms with van der Waals surface area (Å²) in [5.41, 5.74) is 0.772. The molecule has 2 nitrogen and oxygen atoms in total. The van der Waals surface area contributed by atoms with Crippen molar-refractivity contribution < 1.29 is 9.53 Å². The fourth-order valence-electron chi connectivity index (χ4n) is 1.00. The highest BCUT2D eigenvalue weighted by atomic mass is 35.5. The molecule has 0 saturated carbocycles. The van der Waals surface area contributed by atoms with Gasteiger partial charge in [0.1, 0.15) is 6.61 Å². The van der Waals surface area contributed by atoms with Gasteiger partial charge in [0.05, 0.1) is 12.3 Å². The molecule has 0 unspecified atom stereocenters. The van der Waals surface area contributed by atoms with Crippen LogP contribution in [0, 0.1) is 0 Å². The van der Waals surface area contributed by atoms with Gasteiger partial charge in [-0.05, 0) is 11.6 Å². The van der Waals surface area contributed by atoms with Crippen LogP contribution in [-0.2, 0) is 16.0 Å². The minimum Gasteiger partial charge on any atom is -0.464 e. The van der Waals surface area contributed by atoms with Crippen molar-refractivity contribution in [2.24, 2.45) is 0 Å². The summed E-state index contributed by atoms with van der Waals surface area (Å²) >= 11 is 11.2. The van der Waals surface area contributed by atoms with Gasteiger partial charge in [-0.15, -0.1) is 11.6 Å². The number of carbonyl (C=O) groups excluding carboxylic acids is 1. The Morgan fingerprint density at radius 3 is 2.71 bits per heavy atom. The van der Waals surface area contributed by atoms with Gasteiger partial charge >= 0.3 is 5.97 Å². The lowest BCUT2D eigenvalue weighted by molar-refractivity contribution is -0.142. The number of carbonyl (C=O) groups is 1. The number of hydrogen-bond acceptors (Lipinski definition) is 2. The van der Waals surface area contributed by atoms with Crippen LogP contribution >= 0.6 is 23.2 Å². The topological polar surface area (TPSA) is 26.3 Å². The Balaban J connectivity index is 2.52. The molecule has 0 aliphatic heterocycles. The van der Waals surface area contributed by atoms with Crippen molar-refractivity contribution in [3.8, 4) is 0 Å². The molecule has 0 amide bonds. The number of rotatable bonds is 4. The van der Waals surface area contributed by atoms with Crippen LogP contribution in [-0.4, -0.2) is 18.5 Å². The molecule has 1 aromatic rings. The molecule has 76 valence electrons. The van der Waals surface area contributed by atoms with Gasteiger partial charge in [0, 0.05) is 5.02 Å². The molecular formula is C10H10Cl2O2. The largest absolute Gasteiger partial charge is 0.464 e. The Morgan fingerprint density at radius 2 is 2.07 bits per heavy atom. The Bertz CT molecular complexity index is 313. The van der Waals surface area contributed by atoms with Gasteiger partial charge < -0.3 is 4.74 Å². The second-order valence-electron chi connectivity index (χ2n) is 2.68. The maximum Gasteiger partial charge on any atom is 0.310 e.